The molecule has 1 aromatic rings. The van der Waals surface area contributed by atoms with Crippen LogP contribution in [0.15, 0.2) is 6.20 Å². The molecule has 1 heterocycles. The van der Waals surface area contributed by atoms with Gasteiger partial charge >= 0.3 is 0 Å². The normalized spacial score (nSPS) is 17.3. The standard InChI is InChI=1S/C15H25N3OS.ClH/c1-11(2)12-9-17-14(20-12)18-13(19)8-15(10-16)6-4-3-5-7-15;/h9,11H,3-8,10,16H2,1-2H3,(H,17,18,19);1H. The number of thiazole rings is 1. The molecule has 1 aliphatic carbocycles. The van der Waals surface area contributed by atoms with Crippen molar-refractivity contribution in [2.45, 2.75) is 58.3 Å². The Labute approximate surface area is 137 Å². The van der Waals surface area contributed by atoms with Crippen LogP contribution < -0.4 is 11.1 Å². The number of anilines is 1. The largest absolute Gasteiger partial charge is 0.330 e. The molecule has 0 aliphatic heterocycles. The first-order valence-electron chi connectivity index (χ1n) is 7.50. The van der Waals surface area contributed by atoms with Gasteiger partial charge in [0.15, 0.2) is 5.13 Å². The first-order valence-corrected chi connectivity index (χ1v) is 8.32. The molecule has 0 radical (unpaired) electrons. The van der Waals surface area contributed by atoms with Crippen LogP contribution in [0.25, 0.3) is 0 Å². The maximum Gasteiger partial charge on any atom is 0.226 e. The quantitative estimate of drug-likeness (QED) is 0.859. The Balaban J connectivity index is 0.00000220. The van der Waals surface area contributed by atoms with Crippen molar-refractivity contribution in [1.82, 2.24) is 4.98 Å². The van der Waals surface area contributed by atoms with Gasteiger partial charge in [-0.05, 0) is 30.7 Å². The van der Waals surface area contributed by atoms with E-state index >= 15 is 0 Å². The minimum absolute atomic E-state index is 0. The van der Waals surface area contributed by atoms with Gasteiger partial charge in [-0.15, -0.1) is 23.7 Å². The first kappa shape index (κ1) is 18.4. The van der Waals surface area contributed by atoms with Gasteiger partial charge in [-0.2, -0.15) is 0 Å². The highest BCUT2D eigenvalue weighted by atomic mass is 35.5. The molecular formula is C15H26ClN3OS. The van der Waals surface area contributed by atoms with Crippen molar-refractivity contribution in [3.05, 3.63) is 11.1 Å². The lowest BCUT2D eigenvalue weighted by molar-refractivity contribution is -0.118. The second-order valence-electron chi connectivity index (χ2n) is 6.21. The van der Waals surface area contributed by atoms with Gasteiger partial charge < -0.3 is 11.1 Å². The molecule has 1 saturated carbocycles. The molecular weight excluding hydrogens is 306 g/mol. The smallest absolute Gasteiger partial charge is 0.226 e. The van der Waals surface area contributed by atoms with Gasteiger partial charge in [0.1, 0.15) is 0 Å². The van der Waals surface area contributed by atoms with Crippen molar-refractivity contribution in [2.24, 2.45) is 11.1 Å². The van der Waals surface area contributed by atoms with E-state index in [1.165, 1.54) is 24.1 Å². The van der Waals surface area contributed by atoms with Gasteiger partial charge in [-0.25, -0.2) is 4.98 Å². The lowest BCUT2D eigenvalue weighted by Crippen LogP contribution is -2.36. The second-order valence-corrected chi connectivity index (χ2v) is 7.27. The Morgan fingerprint density at radius 1 is 1.43 bits per heavy atom. The van der Waals surface area contributed by atoms with E-state index < -0.39 is 0 Å². The Kier molecular flexibility index (Phi) is 7.10. The summed E-state index contributed by atoms with van der Waals surface area (Å²) in [5, 5.41) is 3.65. The van der Waals surface area contributed by atoms with E-state index in [0.29, 0.717) is 24.0 Å². The van der Waals surface area contributed by atoms with Crippen LogP contribution >= 0.6 is 23.7 Å². The number of nitrogens with one attached hydrogen (secondary N) is 1. The predicted molar refractivity (Wildman–Crippen MR) is 91.3 cm³/mol. The van der Waals surface area contributed by atoms with Crippen LogP contribution in [0.1, 0.15) is 63.2 Å². The molecule has 0 bridgehead atoms. The minimum Gasteiger partial charge on any atom is -0.330 e. The lowest BCUT2D eigenvalue weighted by Gasteiger charge is -2.35. The molecule has 2 rings (SSSR count). The van der Waals surface area contributed by atoms with Crippen molar-refractivity contribution in [3.63, 3.8) is 0 Å². The fourth-order valence-electron chi connectivity index (χ4n) is 2.87. The van der Waals surface area contributed by atoms with E-state index in [4.69, 9.17) is 5.73 Å². The molecule has 1 aromatic heterocycles. The fraction of sp³-hybridized carbons (Fsp3) is 0.733. The summed E-state index contributed by atoms with van der Waals surface area (Å²) in [6.45, 7) is 4.87. The second kappa shape index (κ2) is 8.11. The number of halogens is 1. The monoisotopic (exact) mass is 331 g/mol. The zero-order valence-corrected chi connectivity index (χ0v) is 14.5. The first-order chi connectivity index (χ1) is 9.54. The van der Waals surface area contributed by atoms with Crippen molar-refractivity contribution >= 4 is 34.8 Å². The van der Waals surface area contributed by atoms with Crippen molar-refractivity contribution in [3.8, 4) is 0 Å². The third kappa shape index (κ3) is 4.94. The van der Waals surface area contributed by atoms with Crippen molar-refractivity contribution < 1.29 is 4.79 Å². The molecule has 1 amide bonds. The van der Waals surface area contributed by atoms with Crippen LogP contribution in [-0.4, -0.2) is 17.4 Å². The van der Waals surface area contributed by atoms with E-state index in [9.17, 15) is 4.79 Å². The minimum atomic E-state index is 0. The van der Waals surface area contributed by atoms with E-state index in [0.717, 1.165) is 12.8 Å². The number of rotatable bonds is 5. The third-order valence-electron chi connectivity index (χ3n) is 4.22. The summed E-state index contributed by atoms with van der Waals surface area (Å²) < 4.78 is 0. The fourth-order valence-corrected chi connectivity index (χ4v) is 3.70. The molecule has 1 aliphatic rings. The zero-order valence-electron chi connectivity index (χ0n) is 12.9. The maximum atomic E-state index is 12.2. The summed E-state index contributed by atoms with van der Waals surface area (Å²) in [5.41, 5.74) is 5.95. The number of aromatic nitrogens is 1. The van der Waals surface area contributed by atoms with Crippen LogP contribution in [0.5, 0.6) is 0 Å². The molecule has 0 saturated heterocycles. The summed E-state index contributed by atoms with van der Waals surface area (Å²) in [5.74, 6) is 0.508. The van der Waals surface area contributed by atoms with Gasteiger partial charge in [-0.1, -0.05) is 33.1 Å². The number of nitrogens with zero attached hydrogens (tertiary/aromatic N) is 1. The summed E-state index contributed by atoms with van der Waals surface area (Å²) in [6, 6.07) is 0. The van der Waals surface area contributed by atoms with Crippen LogP contribution in [-0.2, 0) is 4.79 Å². The molecule has 0 spiro atoms. The van der Waals surface area contributed by atoms with Gasteiger partial charge in [0, 0.05) is 17.5 Å². The van der Waals surface area contributed by atoms with Crippen LogP contribution in [0.2, 0.25) is 0 Å². The van der Waals surface area contributed by atoms with Gasteiger partial charge in [0.05, 0.1) is 0 Å². The molecule has 3 N–H and O–H groups in total. The third-order valence-corrected chi connectivity index (χ3v) is 5.44. The number of carbonyl (C=O) groups is 1. The van der Waals surface area contributed by atoms with Gasteiger partial charge in [0.25, 0.3) is 0 Å². The Hall–Kier alpha value is -0.650. The van der Waals surface area contributed by atoms with Crippen molar-refractivity contribution in [2.75, 3.05) is 11.9 Å². The summed E-state index contributed by atoms with van der Waals surface area (Å²) >= 11 is 1.56. The number of amides is 1. The predicted octanol–water partition coefficient (Wildman–Crippen LogP) is 3.93. The lowest BCUT2D eigenvalue weighted by atomic mass is 9.72. The number of nitrogens with two attached hydrogens (primary N) is 1. The molecule has 120 valence electrons. The topological polar surface area (TPSA) is 68.0 Å². The molecule has 4 nitrogen and oxygen atoms in total. The van der Waals surface area contributed by atoms with E-state index in [2.05, 4.69) is 24.1 Å². The molecule has 21 heavy (non-hydrogen) atoms. The number of hydrogen-bond donors (Lipinski definition) is 2. The molecule has 6 heteroatoms. The number of hydrogen-bond acceptors (Lipinski definition) is 4. The summed E-state index contributed by atoms with van der Waals surface area (Å²) in [4.78, 5) is 17.7. The summed E-state index contributed by atoms with van der Waals surface area (Å²) in [6.07, 6.45) is 8.19. The van der Waals surface area contributed by atoms with E-state index in [1.54, 1.807) is 11.3 Å². The van der Waals surface area contributed by atoms with Crippen molar-refractivity contribution in [1.29, 1.82) is 0 Å². The van der Waals surface area contributed by atoms with Gasteiger partial charge in [0.2, 0.25) is 5.91 Å². The van der Waals surface area contributed by atoms with Gasteiger partial charge in [-0.3, -0.25) is 4.79 Å². The SMILES string of the molecule is CC(C)c1cnc(NC(=O)CC2(CN)CCCCC2)s1.Cl. The Morgan fingerprint density at radius 3 is 2.62 bits per heavy atom. The number of carbonyl (C=O) groups excluding carboxylic acids is 1. The Bertz CT molecular complexity index is 456. The van der Waals surface area contributed by atoms with Crippen LogP contribution in [0.4, 0.5) is 5.13 Å². The highest BCUT2D eigenvalue weighted by Gasteiger charge is 2.33. The highest BCUT2D eigenvalue weighted by molar-refractivity contribution is 7.15. The summed E-state index contributed by atoms with van der Waals surface area (Å²) in [7, 11) is 0. The Morgan fingerprint density at radius 2 is 2.10 bits per heavy atom. The molecule has 0 aromatic carbocycles. The maximum absolute atomic E-state index is 12.2. The zero-order chi connectivity index (χ0) is 14.6. The average Bonchev–Trinajstić information content (AvgIpc) is 2.88. The van der Waals surface area contributed by atoms with Crippen LogP contribution in [0.3, 0.4) is 0 Å². The van der Waals surface area contributed by atoms with E-state index in [-0.39, 0.29) is 23.7 Å². The molecule has 0 unspecified atom stereocenters. The van der Waals surface area contributed by atoms with E-state index in [1.807, 2.05) is 6.20 Å². The van der Waals surface area contributed by atoms with Crippen LogP contribution in [0, 0.1) is 5.41 Å². The average molecular weight is 332 g/mol. The highest BCUT2D eigenvalue weighted by Crippen LogP contribution is 2.38. The molecule has 1 fully saturated rings. The molecule has 0 atom stereocenters.